The predicted molar refractivity (Wildman–Crippen MR) is 124 cm³/mol. The molecular weight excluding hydrogens is 443 g/mol. The van der Waals surface area contributed by atoms with E-state index < -0.39 is 29.2 Å². The number of nitrogens with zero attached hydrogens (tertiary/aromatic N) is 1. The van der Waals surface area contributed by atoms with Crippen LogP contribution in [-0.4, -0.2) is 40.4 Å². The highest BCUT2D eigenvalue weighted by atomic mass is 19.1. The summed E-state index contributed by atoms with van der Waals surface area (Å²) in [6, 6.07) is 11.1. The summed E-state index contributed by atoms with van der Waals surface area (Å²) in [6.45, 7) is 3.68. The summed E-state index contributed by atoms with van der Waals surface area (Å²) in [6.07, 6.45) is -0.743. The summed E-state index contributed by atoms with van der Waals surface area (Å²) >= 11 is 0. The second-order valence-electron chi connectivity index (χ2n) is 8.22. The van der Waals surface area contributed by atoms with Gasteiger partial charge < -0.3 is 20.1 Å². The van der Waals surface area contributed by atoms with E-state index in [1.54, 1.807) is 50.2 Å². The van der Waals surface area contributed by atoms with Crippen LogP contribution in [0.4, 0.5) is 14.9 Å². The van der Waals surface area contributed by atoms with Gasteiger partial charge in [0.1, 0.15) is 11.9 Å². The third-order valence-electron chi connectivity index (χ3n) is 5.81. The molecule has 4 N–H and O–H groups in total. The fourth-order valence-electron chi connectivity index (χ4n) is 3.97. The number of anilines is 1. The van der Waals surface area contributed by atoms with Gasteiger partial charge in [0.15, 0.2) is 0 Å². The van der Waals surface area contributed by atoms with Crippen LogP contribution in [0.5, 0.6) is 0 Å². The molecule has 178 valence electrons. The monoisotopic (exact) mass is 468 g/mol. The molecule has 0 aliphatic carbocycles. The molecule has 2 heterocycles. The Bertz CT molecular complexity index is 1320. The number of hydrogen-bond acceptors (Lipinski definition) is 6. The van der Waals surface area contributed by atoms with Crippen LogP contribution in [0.3, 0.4) is 0 Å². The van der Waals surface area contributed by atoms with Crippen molar-refractivity contribution >= 4 is 11.8 Å². The summed E-state index contributed by atoms with van der Waals surface area (Å²) in [7, 11) is 0. The standard InChI is InChI=1S/C24H25FN4O5/c1-13-11-29(24(33)34-13)17-7-8-18(20(25)9-17)15-3-5-16(6-4-15)21(12-30)26-10-19-14(2)27-23(32)28-22(19)31/h3-9,13,21,26,30H,10-12H2,1-2H3,(H2,27,28,31,32)/t13-,21-/m0/s1. The Morgan fingerprint density at radius 3 is 2.50 bits per heavy atom. The Morgan fingerprint density at radius 2 is 1.91 bits per heavy atom. The lowest BCUT2D eigenvalue weighted by Crippen LogP contribution is -2.32. The molecule has 1 amide bonds. The number of hydrogen-bond donors (Lipinski definition) is 4. The fraction of sp³-hybridized carbons (Fsp3) is 0.292. The highest BCUT2D eigenvalue weighted by Gasteiger charge is 2.29. The van der Waals surface area contributed by atoms with Crippen LogP contribution in [0, 0.1) is 12.7 Å². The average molecular weight is 468 g/mol. The van der Waals surface area contributed by atoms with Gasteiger partial charge in [-0.15, -0.1) is 0 Å². The summed E-state index contributed by atoms with van der Waals surface area (Å²) in [5.74, 6) is -0.470. The number of aliphatic hydroxyl groups is 1. The molecular formula is C24H25FN4O5. The van der Waals surface area contributed by atoms with Gasteiger partial charge in [-0.2, -0.15) is 0 Å². The molecule has 10 heteroatoms. The maximum Gasteiger partial charge on any atom is 0.414 e. The van der Waals surface area contributed by atoms with E-state index in [0.717, 1.165) is 5.56 Å². The molecule has 2 aromatic carbocycles. The van der Waals surface area contributed by atoms with Crippen molar-refractivity contribution in [2.75, 3.05) is 18.1 Å². The summed E-state index contributed by atoms with van der Waals surface area (Å²) in [5, 5.41) is 12.9. The smallest absolute Gasteiger partial charge is 0.414 e. The second-order valence-corrected chi connectivity index (χ2v) is 8.22. The van der Waals surface area contributed by atoms with E-state index in [1.807, 2.05) is 0 Å². The first-order chi connectivity index (χ1) is 16.3. The van der Waals surface area contributed by atoms with Gasteiger partial charge in [-0.1, -0.05) is 24.3 Å². The van der Waals surface area contributed by atoms with E-state index in [-0.39, 0.29) is 19.3 Å². The van der Waals surface area contributed by atoms with Gasteiger partial charge in [-0.25, -0.2) is 14.0 Å². The third-order valence-corrected chi connectivity index (χ3v) is 5.81. The number of aromatic nitrogens is 2. The number of benzene rings is 2. The molecule has 1 aromatic heterocycles. The molecule has 34 heavy (non-hydrogen) atoms. The lowest BCUT2D eigenvalue weighted by atomic mass is 10.00. The molecule has 0 spiro atoms. The highest BCUT2D eigenvalue weighted by molar-refractivity contribution is 5.90. The Morgan fingerprint density at radius 1 is 1.18 bits per heavy atom. The van der Waals surface area contributed by atoms with Gasteiger partial charge in [0, 0.05) is 17.8 Å². The molecule has 0 unspecified atom stereocenters. The van der Waals surface area contributed by atoms with E-state index in [1.165, 1.54) is 11.0 Å². The van der Waals surface area contributed by atoms with Crippen molar-refractivity contribution < 1.29 is 19.0 Å². The number of ether oxygens (including phenoxy) is 1. The lowest BCUT2D eigenvalue weighted by molar-refractivity contribution is 0.150. The molecule has 1 aliphatic rings. The first-order valence-electron chi connectivity index (χ1n) is 10.8. The number of cyclic esters (lactones) is 1. The number of rotatable bonds is 7. The molecule has 0 radical (unpaired) electrons. The Labute approximate surface area is 194 Å². The molecule has 1 aliphatic heterocycles. The first kappa shape index (κ1) is 23.4. The van der Waals surface area contributed by atoms with E-state index in [2.05, 4.69) is 15.3 Å². The molecule has 3 aromatic rings. The molecule has 1 saturated heterocycles. The maximum absolute atomic E-state index is 14.9. The van der Waals surface area contributed by atoms with Crippen LogP contribution >= 0.6 is 0 Å². The van der Waals surface area contributed by atoms with Gasteiger partial charge in [0.05, 0.1) is 30.4 Å². The first-order valence-corrected chi connectivity index (χ1v) is 10.8. The Balaban J connectivity index is 1.49. The van der Waals surface area contributed by atoms with Crippen molar-refractivity contribution in [2.45, 2.75) is 32.5 Å². The number of carbonyl (C=O) groups excluding carboxylic acids is 1. The van der Waals surface area contributed by atoms with Crippen molar-refractivity contribution in [1.29, 1.82) is 0 Å². The fourth-order valence-corrected chi connectivity index (χ4v) is 3.97. The van der Waals surface area contributed by atoms with Crippen molar-refractivity contribution in [3.05, 3.63) is 85.9 Å². The van der Waals surface area contributed by atoms with Crippen molar-refractivity contribution in [1.82, 2.24) is 15.3 Å². The summed E-state index contributed by atoms with van der Waals surface area (Å²) in [5.41, 5.74) is 1.94. The number of nitrogens with one attached hydrogen (secondary N) is 3. The topological polar surface area (TPSA) is 128 Å². The van der Waals surface area contributed by atoms with Gasteiger partial charge in [-0.05, 0) is 43.2 Å². The summed E-state index contributed by atoms with van der Waals surface area (Å²) < 4.78 is 20.0. The molecule has 4 rings (SSSR count). The minimum atomic E-state index is -0.573. The number of halogens is 1. The highest BCUT2D eigenvalue weighted by Crippen LogP contribution is 2.30. The van der Waals surface area contributed by atoms with E-state index in [4.69, 9.17) is 4.74 Å². The molecule has 1 fully saturated rings. The zero-order valence-corrected chi connectivity index (χ0v) is 18.7. The van der Waals surface area contributed by atoms with Gasteiger partial charge in [0.2, 0.25) is 0 Å². The van der Waals surface area contributed by atoms with Crippen LogP contribution in [-0.2, 0) is 11.3 Å². The van der Waals surface area contributed by atoms with Gasteiger partial charge in [-0.3, -0.25) is 14.7 Å². The quantitative estimate of drug-likeness (QED) is 0.422. The zero-order chi connectivity index (χ0) is 24.4. The summed E-state index contributed by atoms with van der Waals surface area (Å²) in [4.78, 5) is 41.4. The van der Waals surface area contributed by atoms with Crippen molar-refractivity contribution in [3.8, 4) is 11.1 Å². The van der Waals surface area contributed by atoms with E-state index in [9.17, 15) is 23.9 Å². The molecule has 2 atom stereocenters. The Hall–Kier alpha value is -3.76. The number of H-pyrrole nitrogens is 2. The van der Waals surface area contributed by atoms with Gasteiger partial charge >= 0.3 is 11.8 Å². The normalized spacial score (nSPS) is 16.5. The zero-order valence-electron chi connectivity index (χ0n) is 18.7. The lowest BCUT2D eigenvalue weighted by Gasteiger charge is -2.18. The number of carbonyl (C=O) groups is 1. The van der Waals surface area contributed by atoms with Crippen LogP contribution in [0.15, 0.2) is 52.1 Å². The SMILES string of the molecule is Cc1[nH]c(=O)[nH]c(=O)c1CN[C@@H](CO)c1ccc(-c2ccc(N3C[C@H](C)OC3=O)cc2F)cc1. The predicted octanol–water partition coefficient (Wildman–Crippen LogP) is 2.35. The van der Waals surface area contributed by atoms with Crippen LogP contribution in [0.1, 0.15) is 29.8 Å². The molecule has 0 saturated carbocycles. The largest absolute Gasteiger partial charge is 0.444 e. The van der Waals surface area contributed by atoms with Gasteiger partial charge in [0.25, 0.3) is 5.56 Å². The average Bonchev–Trinajstić information content (AvgIpc) is 3.13. The third kappa shape index (κ3) is 4.78. The number of aryl methyl sites for hydroxylation is 1. The second kappa shape index (κ2) is 9.62. The van der Waals surface area contributed by atoms with Crippen LogP contribution in [0.25, 0.3) is 11.1 Å². The molecule has 0 bridgehead atoms. The number of aliphatic hydroxyl groups excluding tert-OH is 1. The molecule has 9 nitrogen and oxygen atoms in total. The minimum Gasteiger partial charge on any atom is -0.444 e. The van der Waals surface area contributed by atoms with Crippen molar-refractivity contribution in [3.63, 3.8) is 0 Å². The van der Waals surface area contributed by atoms with E-state index in [0.29, 0.717) is 34.6 Å². The van der Waals surface area contributed by atoms with Crippen LogP contribution < -0.4 is 21.5 Å². The van der Waals surface area contributed by atoms with Crippen LogP contribution in [0.2, 0.25) is 0 Å². The van der Waals surface area contributed by atoms with Crippen molar-refractivity contribution in [2.24, 2.45) is 0 Å². The number of amides is 1. The van der Waals surface area contributed by atoms with E-state index >= 15 is 0 Å². The maximum atomic E-state index is 14.9. The Kier molecular flexibility index (Phi) is 6.62. The minimum absolute atomic E-state index is 0.137. The number of aromatic amines is 2.